The number of aliphatic carboxylic acids is 1. The fraction of sp³-hybridized carbons (Fsp3) is 0.500. The molecule has 0 spiro atoms. The number of carboxylic acids is 1. The molecule has 0 bridgehead atoms. The van der Waals surface area contributed by atoms with Gasteiger partial charge in [0.1, 0.15) is 0 Å². The van der Waals surface area contributed by atoms with Crippen LogP contribution in [0.2, 0.25) is 0.417 Å². The third kappa shape index (κ3) is 3.65. The summed E-state index contributed by atoms with van der Waals surface area (Å²) >= 11 is 1.63. The van der Waals surface area contributed by atoms with Crippen LogP contribution in [0.1, 0.15) is 0 Å². The van der Waals surface area contributed by atoms with E-state index in [2.05, 4.69) is 0 Å². The molecule has 0 rings (SSSR count). The van der Waals surface area contributed by atoms with Gasteiger partial charge in [-0.15, -0.1) is 0 Å². The first-order chi connectivity index (χ1) is 2.64. The van der Waals surface area contributed by atoms with Crippen LogP contribution in [0.3, 0.4) is 0 Å². The van der Waals surface area contributed by atoms with Crippen LogP contribution in [-0.2, 0) is 4.79 Å². The Labute approximate surface area is 71.1 Å². The van der Waals surface area contributed by atoms with Crippen molar-refractivity contribution in [1.82, 2.24) is 0 Å². The average molecular weight is 104 g/mol. The quantitative estimate of drug-likeness (QED) is 0.440. The van der Waals surface area contributed by atoms with Gasteiger partial charge in [0.05, 0.1) is 0 Å². The van der Waals surface area contributed by atoms with Gasteiger partial charge in [-0.25, -0.2) is 0 Å². The Morgan fingerprint density at radius 3 is 1.83 bits per heavy atom. The molecule has 24 valence electrons. The monoisotopic (exact) mass is 104 g/mol. The van der Waals surface area contributed by atoms with Gasteiger partial charge in [0.25, 0.3) is 0 Å². The van der Waals surface area contributed by atoms with E-state index in [-0.39, 0.29) is 0.417 Å². The van der Waals surface area contributed by atoms with Gasteiger partial charge in [-0.05, 0) is 0 Å². The first-order valence-electron chi connectivity index (χ1n) is 1.87. The molecule has 0 heterocycles. The Kier molecular flexibility index (Phi) is 4.32. The molecule has 0 saturated carbocycles. The fourth-order valence-electron chi connectivity index (χ4n) is 0. The maximum atomic E-state index is 9.77. The summed E-state index contributed by atoms with van der Waals surface area (Å²) in [5, 5.41) is 8.06. The first kappa shape index (κ1) is 7.47. The molecule has 0 unspecified atom stereocenters. The third-order valence-electron chi connectivity index (χ3n) is 0.494. The van der Waals surface area contributed by atoms with Crippen LogP contribution in [-0.4, -0.2) is 66.9 Å². The zero-order valence-corrected chi connectivity index (χ0v) is 7.93. The van der Waals surface area contributed by atoms with Crippen LogP contribution in [0.15, 0.2) is 0 Å². The molecule has 0 aliphatic heterocycles. The molecule has 6 heavy (non-hydrogen) atoms. The van der Waals surface area contributed by atoms with Gasteiger partial charge in [0, 0.05) is 0 Å². The third-order valence-corrected chi connectivity index (χ3v) is 1.48. The molecular formula is C2H2Na2O2. The van der Waals surface area contributed by atoms with E-state index in [4.69, 9.17) is 5.11 Å². The molecule has 0 radical (unpaired) electrons. The van der Waals surface area contributed by atoms with Gasteiger partial charge in [-0.3, -0.25) is 0 Å². The summed E-state index contributed by atoms with van der Waals surface area (Å²) in [7, 11) is 0. The van der Waals surface area contributed by atoms with Crippen molar-refractivity contribution in [3.05, 3.63) is 0 Å². The number of hydrogen-bond acceptors (Lipinski definition) is 1. The van der Waals surface area contributed by atoms with Crippen molar-refractivity contribution in [2.75, 3.05) is 0 Å². The zero-order chi connectivity index (χ0) is 5.15. The molecule has 0 fully saturated rings. The van der Waals surface area contributed by atoms with Crippen LogP contribution in [0.25, 0.3) is 0 Å². The van der Waals surface area contributed by atoms with E-state index in [1.54, 1.807) is 0 Å². The van der Waals surface area contributed by atoms with E-state index in [1.807, 2.05) is 0 Å². The van der Waals surface area contributed by atoms with Gasteiger partial charge in [-0.2, -0.15) is 0 Å². The summed E-state index contributed by atoms with van der Waals surface area (Å²) in [5.41, 5.74) is 0. The molecule has 0 aromatic rings. The Hall–Kier alpha value is 1.47. The Morgan fingerprint density at radius 1 is 1.67 bits per heavy atom. The minimum atomic E-state index is -0.617. The maximum absolute atomic E-state index is 9.77. The Balaban J connectivity index is 3.26. The molecule has 2 nitrogen and oxygen atoms in total. The molecule has 0 atom stereocenters. The van der Waals surface area contributed by atoms with Gasteiger partial charge >= 0.3 is 72.1 Å². The van der Waals surface area contributed by atoms with E-state index < -0.39 is 5.97 Å². The Morgan fingerprint density at radius 2 is 1.83 bits per heavy atom. The standard InChI is InChI=1S/C2H2O2.2Na/c1-2(3)4;;/h1H,(H,3,4);;. The summed E-state index contributed by atoms with van der Waals surface area (Å²) in [6.45, 7) is 0. The van der Waals surface area contributed by atoms with E-state index >= 15 is 0 Å². The molecular weight excluding hydrogens is 102 g/mol. The zero-order valence-electron chi connectivity index (χ0n) is 3.93. The average Bonchev–Trinajstić information content (AvgIpc) is 1.36. The molecule has 4 heteroatoms. The van der Waals surface area contributed by atoms with Crippen LogP contribution in [0.4, 0.5) is 0 Å². The molecule has 0 aromatic carbocycles. The molecule has 0 amide bonds. The second-order valence-electron chi connectivity index (χ2n) is 1.49. The van der Waals surface area contributed by atoms with E-state index in [1.165, 1.54) is 0 Å². The molecule has 1 N–H and O–H groups in total. The van der Waals surface area contributed by atoms with Crippen molar-refractivity contribution in [2.24, 2.45) is 0 Å². The van der Waals surface area contributed by atoms with Gasteiger partial charge in [-0.1, -0.05) is 0 Å². The van der Waals surface area contributed by atoms with E-state index in [0.29, 0.717) is 0 Å². The second-order valence-corrected chi connectivity index (χ2v) is 7.27. The second kappa shape index (κ2) is 3.47. The first-order valence-corrected chi connectivity index (χ1v) is 4.18. The van der Waals surface area contributed by atoms with Crippen molar-refractivity contribution in [1.29, 1.82) is 0 Å². The van der Waals surface area contributed by atoms with Crippen molar-refractivity contribution in [2.45, 2.75) is 0.417 Å². The van der Waals surface area contributed by atoms with Crippen LogP contribution in [0.5, 0.6) is 0 Å². The van der Waals surface area contributed by atoms with Gasteiger partial charge < -0.3 is 0 Å². The Bertz CT molecular complexity index is 60.6. The number of hydrogen-bond donors (Lipinski definition) is 1. The van der Waals surface area contributed by atoms with Crippen molar-refractivity contribution in [3.63, 3.8) is 0 Å². The van der Waals surface area contributed by atoms with Crippen LogP contribution >= 0.6 is 0 Å². The number of carbonyl (C=O) groups is 1. The summed E-state index contributed by atoms with van der Waals surface area (Å²) < 4.78 is 0.0463. The van der Waals surface area contributed by atoms with Crippen LogP contribution < -0.4 is 0 Å². The van der Waals surface area contributed by atoms with Crippen molar-refractivity contribution in [3.8, 4) is 0 Å². The summed E-state index contributed by atoms with van der Waals surface area (Å²) in [5.74, 6) is -0.617. The predicted molar refractivity (Wildman–Crippen MR) is 22.9 cm³/mol. The van der Waals surface area contributed by atoms with E-state index in [0.717, 1.165) is 55.9 Å². The fourth-order valence-corrected chi connectivity index (χ4v) is 0. The molecule has 0 aliphatic carbocycles. The SMILES string of the molecule is O=C(O)[CH]([Na])[Na]. The van der Waals surface area contributed by atoms with E-state index in [9.17, 15) is 4.79 Å². The predicted octanol–water partition coefficient (Wildman–Crippen LogP) is -0.846. The van der Waals surface area contributed by atoms with Crippen LogP contribution in [0, 0.1) is 0 Å². The summed E-state index contributed by atoms with van der Waals surface area (Å²) in [4.78, 5) is 9.77. The molecule has 0 saturated heterocycles. The summed E-state index contributed by atoms with van der Waals surface area (Å²) in [6, 6.07) is 0. The molecule has 0 aromatic heterocycles. The van der Waals surface area contributed by atoms with Crippen molar-refractivity contribution < 1.29 is 9.90 Å². The topological polar surface area (TPSA) is 37.3 Å². The normalized spacial score (nSPS) is 9.50. The van der Waals surface area contributed by atoms with Crippen molar-refractivity contribution >= 4 is 61.8 Å². The van der Waals surface area contributed by atoms with Gasteiger partial charge in [0.2, 0.25) is 0 Å². The molecule has 0 aliphatic rings. The number of rotatable bonds is 1. The minimum absolute atomic E-state index is 0.0463. The number of carboxylic acid groups (broad SMARTS) is 1. The van der Waals surface area contributed by atoms with Gasteiger partial charge in [0.15, 0.2) is 0 Å². The summed E-state index contributed by atoms with van der Waals surface area (Å²) in [6.07, 6.45) is 0.